The Morgan fingerprint density at radius 1 is 0.842 bits per heavy atom. The molecule has 0 saturated carbocycles. The number of allylic oxidation sites excluding steroid dienone is 1. The molecule has 3 aromatic rings. The van der Waals surface area contributed by atoms with Crippen molar-refractivity contribution in [2.45, 2.75) is 25.4 Å². The van der Waals surface area contributed by atoms with Crippen molar-refractivity contribution in [2.24, 2.45) is 0 Å². The standard InChI is InChI=1S/C28H24O10/c29-20-6-1-14(9-22(20)31)10-25(28(36)37)38-26(34)8-4-17-13-24(33)27(35)18-5-2-15(11-19(17)18)16-3-7-21(30)23(32)12-16/h1,3-4,6-9,11-13,25,29-33,35H,2,5,10H2,(H,36,37)/b8-4+/t25-/m1/s1. The van der Waals surface area contributed by atoms with Crippen LogP contribution in [0.25, 0.3) is 17.7 Å². The third-order valence-corrected chi connectivity index (χ3v) is 6.16. The number of carboxylic acid groups (broad SMARTS) is 1. The van der Waals surface area contributed by atoms with Crippen molar-refractivity contribution in [3.63, 3.8) is 0 Å². The lowest BCUT2D eigenvalue weighted by atomic mass is 9.85. The molecular weight excluding hydrogens is 496 g/mol. The second-order valence-corrected chi connectivity index (χ2v) is 8.72. The Bertz CT molecular complexity index is 1490. The van der Waals surface area contributed by atoms with Gasteiger partial charge in [-0.3, -0.25) is 0 Å². The number of hydrogen-bond donors (Lipinski definition) is 7. The van der Waals surface area contributed by atoms with E-state index in [0.29, 0.717) is 40.7 Å². The normalized spacial score (nSPS) is 13.5. The van der Waals surface area contributed by atoms with Crippen molar-refractivity contribution in [1.82, 2.24) is 0 Å². The summed E-state index contributed by atoms with van der Waals surface area (Å²) in [6.45, 7) is 0. The Kier molecular flexibility index (Phi) is 7.15. The zero-order valence-corrected chi connectivity index (χ0v) is 19.8. The minimum absolute atomic E-state index is 0.260. The van der Waals surface area contributed by atoms with Crippen LogP contribution < -0.4 is 0 Å². The van der Waals surface area contributed by atoms with E-state index in [1.807, 2.05) is 0 Å². The van der Waals surface area contributed by atoms with Gasteiger partial charge in [0.25, 0.3) is 0 Å². The molecule has 0 unspecified atom stereocenters. The van der Waals surface area contributed by atoms with Crippen molar-refractivity contribution in [1.29, 1.82) is 0 Å². The van der Waals surface area contributed by atoms with E-state index in [0.717, 1.165) is 17.7 Å². The molecule has 1 aliphatic carbocycles. The number of rotatable bonds is 7. The maximum atomic E-state index is 12.5. The van der Waals surface area contributed by atoms with E-state index in [1.54, 1.807) is 12.1 Å². The molecule has 0 aromatic heterocycles. The minimum Gasteiger partial charge on any atom is -0.504 e. The van der Waals surface area contributed by atoms with Crippen molar-refractivity contribution < 1.29 is 50.1 Å². The highest BCUT2D eigenvalue weighted by Gasteiger charge is 2.24. The monoisotopic (exact) mass is 520 g/mol. The van der Waals surface area contributed by atoms with Crippen molar-refractivity contribution >= 4 is 29.7 Å². The zero-order chi connectivity index (χ0) is 27.6. The molecule has 10 heteroatoms. The maximum Gasteiger partial charge on any atom is 0.345 e. The molecule has 0 heterocycles. The molecule has 0 saturated heterocycles. The van der Waals surface area contributed by atoms with E-state index in [2.05, 4.69) is 0 Å². The first-order valence-electron chi connectivity index (χ1n) is 11.5. The van der Waals surface area contributed by atoms with Gasteiger partial charge in [0, 0.05) is 18.1 Å². The first kappa shape index (κ1) is 26.0. The molecule has 0 aliphatic heterocycles. The fourth-order valence-corrected chi connectivity index (χ4v) is 4.19. The van der Waals surface area contributed by atoms with Crippen molar-refractivity contribution in [3.8, 4) is 34.5 Å². The maximum absolute atomic E-state index is 12.5. The second kappa shape index (κ2) is 10.5. The van der Waals surface area contributed by atoms with Crippen LogP contribution in [0.2, 0.25) is 0 Å². The number of ether oxygens (including phenoxy) is 1. The van der Waals surface area contributed by atoms with Gasteiger partial charge in [-0.05, 0) is 77.1 Å². The third-order valence-electron chi connectivity index (χ3n) is 6.16. The summed E-state index contributed by atoms with van der Waals surface area (Å²) in [5.41, 5.74) is 3.03. The van der Waals surface area contributed by atoms with E-state index in [9.17, 15) is 45.3 Å². The number of carbonyl (C=O) groups excluding carboxylic acids is 1. The average Bonchev–Trinajstić information content (AvgIpc) is 2.88. The number of fused-ring (bicyclic) bond motifs is 1. The summed E-state index contributed by atoms with van der Waals surface area (Å²) in [7, 11) is 0. The summed E-state index contributed by atoms with van der Waals surface area (Å²) < 4.78 is 5.07. The fraction of sp³-hybridized carbons (Fsp3) is 0.143. The predicted octanol–water partition coefficient (Wildman–Crippen LogP) is 3.66. The lowest BCUT2D eigenvalue weighted by Gasteiger charge is -2.21. The average molecular weight is 520 g/mol. The number of carboxylic acids is 1. The quantitative estimate of drug-likeness (QED) is 0.138. The van der Waals surface area contributed by atoms with Gasteiger partial charge in [0.15, 0.2) is 34.5 Å². The molecule has 7 N–H and O–H groups in total. The molecular formula is C28H24O10. The molecule has 0 radical (unpaired) electrons. The molecule has 10 nitrogen and oxygen atoms in total. The molecule has 0 amide bonds. The number of hydrogen-bond acceptors (Lipinski definition) is 9. The van der Waals surface area contributed by atoms with Gasteiger partial charge in [-0.25, -0.2) is 9.59 Å². The number of phenolic OH excluding ortho intramolecular Hbond substituents is 6. The second-order valence-electron chi connectivity index (χ2n) is 8.72. The summed E-state index contributed by atoms with van der Waals surface area (Å²) >= 11 is 0. The first-order chi connectivity index (χ1) is 18.0. The highest BCUT2D eigenvalue weighted by molar-refractivity contribution is 5.93. The number of aromatic hydroxyl groups is 6. The number of aliphatic carboxylic acids is 1. The van der Waals surface area contributed by atoms with E-state index in [-0.39, 0.29) is 29.4 Å². The third kappa shape index (κ3) is 5.49. The van der Waals surface area contributed by atoms with Gasteiger partial charge in [0.05, 0.1) is 0 Å². The van der Waals surface area contributed by atoms with Crippen LogP contribution in [0, 0.1) is 0 Å². The van der Waals surface area contributed by atoms with E-state index >= 15 is 0 Å². The van der Waals surface area contributed by atoms with Gasteiger partial charge >= 0.3 is 11.9 Å². The van der Waals surface area contributed by atoms with E-state index in [4.69, 9.17) is 4.74 Å². The smallest absolute Gasteiger partial charge is 0.345 e. The Labute approximate surface area is 216 Å². The molecule has 38 heavy (non-hydrogen) atoms. The fourth-order valence-electron chi connectivity index (χ4n) is 4.19. The van der Waals surface area contributed by atoms with Gasteiger partial charge < -0.3 is 40.5 Å². The summed E-state index contributed by atoms with van der Waals surface area (Å²) in [6, 6.07) is 9.37. The molecule has 4 rings (SSSR count). The molecule has 0 fully saturated rings. The Hall–Kier alpha value is -5.12. The zero-order valence-electron chi connectivity index (χ0n) is 19.8. The number of phenols is 6. The molecule has 1 aliphatic rings. The van der Waals surface area contributed by atoms with Crippen LogP contribution in [-0.4, -0.2) is 53.8 Å². The largest absolute Gasteiger partial charge is 0.504 e. The number of esters is 1. The highest BCUT2D eigenvalue weighted by Crippen LogP contribution is 2.42. The van der Waals surface area contributed by atoms with E-state index < -0.39 is 29.5 Å². The molecule has 196 valence electrons. The van der Waals surface area contributed by atoms with Gasteiger partial charge in [0.1, 0.15) is 0 Å². The van der Waals surface area contributed by atoms with Crippen molar-refractivity contribution in [2.75, 3.05) is 0 Å². The number of carbonyl (C=O) groups is 2. The van der Waals surface area contributed by atoms with Gasteiger partial charge in [-0.15, -0.1) is 0 Å². The van der Waals surface area contributed by atoms with Crippen LogP contribution in [0.1, 0.15) is 34.2 Å². The lowest BCUT2D eigenvalue weighted by molar-refractivity contribution is -0.160. The number of benzene rings is 3. The van der Waals surface area contributed by atoms with E-state index in [1.165, 1.54) is 36.4 Å². The van der Waals surface area contributed by atoms with Crippen LogP contribution in [0.5, 0.6) is 34.5 Å². The van der Waals surface area contributed by atoms with Crippen LogP contribution in [0.15, 0.2) is 48.5 Å². The SMILES string of the molecule is O=C(/C=C/c1cc(O)c(O)c2c1C=C(c1ccc(O)c(O)c1)CC2)O[C@H](Cc1ccc(O)c(O)c1)C(=O)O. The van der Waals surface area contributed by atoms with Crippen LogP contribution in [0.4, 0.5) is 0 Å². The summed E-state index contributed by atoms with van der Waals surface area (Å²) in [5, 5.41) is 68.5. The van der Waals surface area contributed by atoms with Gasteiger partial charge in [-0.1, -0.05) is 18.2 Å². The predicted molar refractivity (Wildman–Crippen MR) is 136 cm³/mol. The Morgan fingerprint density at radius 3 is 2.18 bits per heavy atom. The minimum atomic E-state index is -1.58. The Morgan fingerprint density at radius 2 is 1.53 bits per heavy atom. The molecule has 0 spiro atoms. The summed E-state index contributed by atoms with van der Waals surface area (Å²) in [4.78, 5) is 24.1. The molecule has 3 aromatic carbocycles. The molecule has 0 bridgehead atoms. The van der Waals surface area contributed by atoms with Gasteiger partial charge in [-0.2, -0.15) is 0 Å². The summed E-state index contributed by atoms with van der Waals surface area (Å²) in [5.74, 6) is -4.46. The molecule has 1 atom stereocenters. The van der Waals surface area contributed by atoms with Crippen LogP contribution >= 0.6 is 0 Å². The first-order valence-corrected chi connectivity index (χ1v) is 11.5. The van der Waals surface area contributed by atoms with Crippen LogP contribution in [-0.2, 0) is 27.2 Å². The van der Waals surface area contributed by atoms with Gasteiger partial charge in [0.2, 0.25) is 6.10 Å². The highest BCUT2D eigenvalue weighted by atomic mass is 16.6. The summed E-state index contributed by atoms with van der Waals surface area (Å²) in [6.07, 6.45) is 3.01. The Balaban J connectivity index is 1.59. The van der Waals surface area contributed by atoms with Crippen LogP contribution in [0.3, 0.4) is 0 Å². The topological polar surface area (TPSA) is 185 Å². The lowest BCUT2D eigenvalue weighted by Crippen LogP contribution is -2.28. The van der Waals surface area contributed by atoms with Crippen molar-refractivity contribution in [3.05, 3.63) is 76.4 Å².